The number of carbonyl (C=O) groups excluding carboxylic acids is 1. The van der Waals surface area contributed by atoms with Crippen LogP contribution in [0, 0.1) is 0 Å². The van der Waals surface area contributed by atoms with Crippen LogP contribution in [0.1, 0.15) is 27.2 Å². The molecule has 1 unspecified atom stereocenters. The topological polar surface area (TPSA) is 102 Å². The van der Waals surface area contributed by atoms with E-state index in [1.165, 1.54) is 0 Å². The minimum Gasteiger partial charge on any atom is -0.481 e. The van der Waals surface area contributed by atoms with Crippen molar-refractivity contribution in [1.29, 1.82) is 0 Å². The first-order chi connectivity index (χ1) is 6.72. The van der Waals surface area contributed by atoms with E-state index < -0.39 is 30.1 Å². The fourth-order valence-corrected chi connectivity index (χ4v) is 0.457. The molecular weight excluding hydrogens is 208 g/mol. The van der Waals surface area contributed by atoms with Crippen molar-refractivity contribution in [3.63, 3.8) is 0 Å². The zero-order valence-corrected chi connectivity index (χ0v) is 8.72. The van der Waals surface area contributed by atoms with Gasteiger partial charge in [-0.1, -0.05) is 0 Å². The van der Waals surface area contributed by atoms with Gasteiger partial charge in [-0.25, -0.2) is 4.79 Å². The first kappa shape index (κ1) is 13.8. The first-order valence-corrected chi connectivity index (χ1v) is 4.18. The van der Waals surface area contributed by atoms with Crippen LogP contribution in [0.25, 0.3) is 0 Å². The second-order valence-electron chi connectivity index (χ2n) is 3.78. The predicted molar refractivity (Wildman–Crippen MR) is 46.3 cm³/mol. The third kappa shape index (κ3) is 7.86. The molecule has 7 heteroatoms. The molecule has 0 aromatic carbocycles. The molecule has 0 fully saturated rings. The molecule has 0 spiro atoms. The number of aliphatic carboxylic acids is 1. The summed E-state index contributed by atoms with van der Waals surface area (Å²) in [5.41, 5.74) is -0.683. The van der Waals surface area contributed by atoms with Crippen molar-refractivity contribution in [2.75, 3.05) is 0 Å². The molecule has 0 saturated carbocycles. The fraction of sp³-hybridized carbons (Fsp3) is 0.750. The molecule has 0 amide bonds. The molecule has 0 bridgehead atoms. The molecular formula is C8H14O7. The molecule has 0 aliphatic heterocycles. The van der Waals surface area contributed by atoms with E-state index in [1.807, 2.05) is 0 Å². The van der Waals surface area contributed by atoms with Crippen LogP contribution < -0.4 is 0 Å². The summed E-state index contributed by atoms with van der Waals surface area (Å²) in [6.07, 6.45) is -2.52. The van der Waals surface area contributed by atoms with Gasteiger partial charge in [0.25, 0.3) is 0 Å². The third-order valence-corrected chi connectivity index (χ3v) is 1.04. The maximum Gasteiger partial charge on any atom is 0.374 e. The summed E-state index contributed by atoms with van der Waals surface area (Å²) in [7, 11) is 0. The van der Waals surface area contributed by atoms with Gasteiger partial charge >= 0.3 is 11.9 Å². The molecule has 0 aliphatic carbocycles. The molecule has 1 atom stereocenters. The second-order valence-corrected chi connectivity index (χ2v) is 3.78. The monoisotopic (exact) mass is 222 g/mol. The molecule has 88 valence electrons. The van der Waals surface area contributed by atoms with Crippen LogP contribution in [-0.2, 0) is 24.4 Å². The highest BCUT2D eigenvalue weighted by Gasteiger charge is 2.22. The minimum atomic E-state index is -1.77. The molecule has 0 heterocycles. The Morgan fingerprint density at radius 3 is 2.27 bits per heavy atom. The maximum absolute atomic E-state index is 10.8. The van der Waals surface area contributed by atoms with E-state index in [9.17, 15) is 9.59 Å². The lowest BCUT2D eigenvalue weighted by atomic mass is 10.2. The Kier molecular flexibility index (Phi) is 5.20. The highest BCUT2D eigenvalue weighted by molar-refractivity contribution is 5.80. The molecule has 0 saturated heterocycles. The molecule has 0 rings (SSSR count). The lowest BCUT2D eigenvalue weighted by Crippen LogP contribution is -2.28. The Hall–Kier alpha value is -1.18. The highest BCUT2D eigenvalue weighted by atomic mass is 17.5. The number of carboxylic acids is 1. The van der Waals surface area contributed by atoms with E-state index in [0.717, 1.165) is 0 Å². The van der Waals surface area contributed by atoms with Gasteiger partial charge in [0, 0.05) is 0 Å². The minimum absolute atomic E-state index is 0.683. The number of aliphatic hydroxyl groups is 1. The zero-order chi connectivity index (χ0) is 12.1. The van der Waals surface area contributed by atoms with Gasteiger partial charge < -0.3 is 10.2 Å². The second kappa shape index (κ2) is 5.64. The lowest BCUT2D eigenvalue weighted by molar-refractivity contribution is -0.515. The number of hydrogen-bond donors (Lipinski definition) is 2. The largest absolute Gasteiger partial charge is 0.481 e. The standard InChI is InChI=1S/C8H14O7/c1-8(2,3)14-15-13-7(12)5(9)4-6(10)11/h5,9H,4H2,1-3H3,(H,10,11). The molecule has 0 radical (unpaired) electrons. The lowest BCUT2D eigenvalue weighted by Gasteiger charge is -2.15. The van der Waals surface area contributed by atoms with Gasteiger partial charge in [-0.2, -0.15) is 4.89 Å². The Morgan fingerprint density at radius 2 is 1.87 bits per heavy atom. The van der Waals surface area contributed by atoms with Gasteiger partial charge in [-0.3, -0.25) is 9.68 Å². The van der Waals surface area contributed by atoms with Crippen molar-refractivity contribution in [3.8, 4) is 0 Å². The van der Waals surface area contributed by atoms with Gasteiger partial charge in [0.1, 0.15) is 0 Å². The smallest absolute Gasteiger partial charge is 0.374 e. The van der Waals surface area contributed by atoms with Crippen molar-refractivity contribution in [1.82, 2.24) is 0 Å². The van der Waals surface area contributed by atoms with E-state index in [0.29, 0.717) is 0 Å². The van der Waals surface area contributed by atoms with Crippen LogP contribution in [0.2, 0.25) is 0 Å². The normalized spacial score (nSPS) is 13.3. The number of hydrogen-bond acceptors (Lipinski definition) is 6. The van der Waals surface area contributed by atoms with Gasteiger partial charge in [-0.05, 0) is 25.8 Å². The third-order valence-electron chi connectivity index (χ3n) is 1.04. The van der Waals surface area contributed by atoms with Crippen LogP contribution in [0.4, 0.5) is 0 Å². The molecule has 7 nitrogen and oxygen atoms in total. The van der Waals surface area contributed by atoms with Gasteiger partial charge in [0.15, 0.2) is 6.10 Å². The molecule has 0 aromatic rings. The van der Waals surface area contributed by atoms with E-state index in [4.69, 9.17) is 10.2 Å². The van der Waals surface area contributed by atoms with Gasteiger partial charge in [0.2, 0.25) is 0 Å². The summed E-state index contributed by atoms with van der Waals surface area (Å²) < 4.78 is 0. The van der Waals surface area contributed by atoms with Gasteiger partial charge in [0.05, 0.1) is 12.0 Å². The van der Waals surface area contributed by atoms with E-state index in [-0.39, 0.29) is 0 Å². The fourth-order valence-electron chi connectivity index (χ4n) is 0.457. The van der Waals surface area contributed by atoms with E-state index in [1.54, 1.807) is 20.8 Å². The SMILES string of the molecule is CC(C)(C)OOOC(=O)C(O)CC(=O)O. The molecule has 15 heavy (non-hydrogen) atoms. The quantitative estimate of drug-likeness (QED) is 0.499. The van der Waals surface area contributed by atoms with Crippen LogP contribution in [-0.4, -0.2) is 33.9 Å². The van der Waals surface area contributed by atoms with Crippen LogP contribution in [0.3, 0.4) is 0 Å². The Balaban J connectivity index is 3.79. The summed E-state index contributed by atoms with van der Waals surface area (Å²) in [6.45, 7) is 4.94. The zero-order valence-electron chi connectivity index (χ0n) is 8.72. The molecule has 0 aliphatic rings. The summed E-state index contributed by atoms with van der Waals surface area (Å²) in [6, 6.07) is 0. The van der Waals surface area contributed by atoms with Crippen LogP contribution in [0.15, 0.2) is 0 Å². The van der Waals surface area contributed by atoms with E-state index >= 15 is 0 Å². The Morgan fingerprint density at radius 1 is 1.33 bits per heavy atom. The Bertz CT molecular complexity index is 230. The van der Waals surface area contributed by atoms with Crippen molar-refractivity contribution >= 4 is 11.9 Å². The predicted octanol–water partition coefficient (Wildman–Crippen LogP) is 0.0269. The van der Waals surface area contributed by atoms with Crippen LogP contribution >= 0.6 is 0 Å². The first-order valence-electron chi connectivity index (χ1n) is 4.18. The number of rotatable bonds is 5. The van der Waals surface area contributed by atoms with Crippen molar-refractivity contribution in [3.05, 3.63) is 0 Å². The number of carbonyl (C=O) groups is 2. The molecule has 0 aromatic heterocycles. The van der Waals surface area contributed by atoms with E-state index in [2.05, 4.69) is 14.8 Å². The highest BCUT2D eigenvalue weighted by Crippen LogP contribution is 2.07. The van der Waals surface area contributed by atoms with Crippen LogP contribution in [0.5, 0.6) is 0 Å². The summed E-state index contributed by atoms with van der Waals surface area (Å²) in [5, 5.41) is 21.2. The number of carboxylic acid groups (broad SMARTS) is 1. The summed E-state index contributed by atoms with van der Waals surface area (Å²) in [4.78, 5) is 29.5. The average Bonchev–Trinajstić information content (AvgIpc) is 2.00. The van der Waals surface area contributed by atoms with Crippen molar-refractivity contribution in [2.45, 2.75) is 38.9 Å². The van der Waals surface area contributed by atoms with Gasteiger partial charge in [-0.15, -0.1) is 0 Å². The number of aliphatic hydroxyl groups excluding tert-OH is 1. The van der Waals surface area contributed by atoms with Crippen molar-refractivity contribution in [2.24, 2.45) is 0 Å². The summed E-state index contributed by atoms with van der Waals surface area (Å²) >= 11 is 0. The molecule has 2 N–H and O–H groups in total. The Labute approximate surface area is 86.4 Å². The van der Waals surface area contributed by atoms with Crippen molar-refractivity contribution < 1.29 is 34.6 Å². The summed E-state index contributed by atoms with van der Waals surface area (Å²) in [5.74, 6) is -2.54. The average molecular weight is 222 g/mol. The maximum atomic E-state index is 10.8.